The van der Waals surface area contributed by atoms with Crippen molar-refractivity contribution in [3.8, 4) is 0 Å². The largest absolute Gasteiger partial charge is 0.0620 e. The van der Waals surface area contributed by atoms with Crippen molar-refractivity contribution in [2.45, 2.75) is 47.0 Å². The predicted molar refractivity (Wildman–Crippen MR) is 78.4 cm³/mol. The van der Waals surface area contributed by atoms with Crippen LogP contribution in [-0.2, 0) is 0 Å². The smallest absolute Gasteiger partial charge is 0.0318 e. The van der Waals surface area contributed by atoms with Crippen LogP contribution in [0.2, 0.25) is 0 Å². The van der Waals surface area contributed by atoms with Gasteiger partial charge in [-0.2, -0.15) is 0 Å². The van der Waals surface area contributed by atoms with E-state index < -0.39 is 0 Å². The SMILES string of the molecule is CC1C(C)C2CC1C1CC3C4CC(C(C)C4C)C3C21. The van der Waals surface area contributed by atoms with E-state index in [1.54, 1.807) is 19.3 Å². The van der Waals surface area contributed by atoms with Crippen LogP contribution in [0.5, 0.6) is 0 Å². The van der Waals surface area contributed by atoms with Crippen LogP contribution < -0.4 is 0 Å². The number of rotatable bonds is 0. The van der Waals surface area contributed by atoms with Crippen LogP contribution in [0, 0.1) is 71.0 Å². The minimum absolute atomic E-state index is 1.04. The van der Waals surface area contributed by atoms with E-state index in [2.05, 4.69) is 27.7 Å². The highest BCUT2D eigenvalue weighted by atomic mass is 14.7. The highest BCUT2D eigenvalue weighted by Crippen LogP contribution is 2.74. The van der Waals surface area contributed by atoms with Gasteiger partial charge in [0.1, 0.15) is 0 Å². The summed E-state index contributed by atoms with van der Waals surface area (Å²) in [5.41, 5.74) is 0. The van der Waals surface area contributed by atoms with Gasteiger partial charge in [0, 0.05) is 0 Å². The zero-order chi connectivity index (χ0) is 13.0. The van der Waals surface area contributed by atoms with Gasteiger partial charge in [-0.1, -0.05) is 27.7 Å². The lowest BCUT2D eigenvalue weighted by molar-refractivity contribution is 0.0623. The summed E-state index contributed by atoms with van der Waals surface area (Å²) in [6.45, 7) is 10.3. The molecule has 0 nitrogen and oxygen atoms in total. The molecule has 0 N–H and O–H groups in total. The third kappa shape index (κ3) is 1.12. The highest BCUT2D eigenvalue weighted by Gasteiger charge is 2.68. The van der Waals surface area contributed by atoms with Gasteiger partial charge in [-0.15, -0.1) is 0 Å². The van der Waals surface area contributed by atoms with Crippen LogP contribution in [0.1, 0.15) is 47.0 Å². The molecule has 0 heterocycles. The van der Waals surface area contributed by atoms with Crippen molar-refractivity contribution in [3.05, 3.63) is 0 Å². The Morgan fingerprint density at radius 2 is 0.737 bits per heavy atom. The molecule has 0 amide bonds. The minimum atomic E-state index is 1.04. The van der Waals surface area contributed by atoms with Crippen LogP contribution >= 0.6 is 0 Å². The molecule has 0 heteroatoms. The van der Waals surface area contributed by atoms with Crippen LogP contribution in [0.15, 0.2) is 0 Å². The van der Waals surface area contributed by atoms with E-state index in [1.165, 1.54) is 11.8 Å². The van der Waals surface area contributed by atoms with Gasteiger partial charge < -0.3 is 0 Å². The predicted octanol–water partition coefficient (Wildman–Crippen LogP) is 4.70. The summed E-state index contributed by atoms with van der Waals surface area (Å²) in [5, 5.41) is 0. The van der Waals surface area contributed by atoms with Crippen molar-refractivity contribution < 1.29 is 0 Å². The van der Waals surface area contributed by atoms with Gasteiger partial charge in [-0.05, 0) is 90.3 Å². The molecule has 5 saturated carbocycles. The Hall–Kier alpha value is 0. The molecule has 5 aliphatic carbocycles. The lowest BCUT2D eigenvalue weighted by atomic mass is 9.64. The molecular formula is C19H30. The van der Waals surface area contributed by atoms with Crippen LogP contribution in [0.25, 0.3) is 0 Å². The first-order valence-electron chi connectivity index (χ1n) is 9.09. The lowest BCUT2D eigenvalue weighted by Crippen LogP contribution is -2.37. The number of hydrogen-bond donors (Lipinski definition) is 0. The fraction of sp³-hybridized carbons (Fsp3) is 1.00. The van der Waals surface area contributed by atoms with Gasteiger partial charge in [0.15, 0.2) is 0 Å². The average Bonchev–Trinajstić information content (AvgIpc) is 3.09. The van der Waals surface area contributed by atoms with Crippen molar-refractivity contribution >= 4 is 0 Å². The number of hydrogen-bond acceptors (Lipinski definition) is 0. The maximum Gasteiger partial charge on any atom is -0.0318 e. The molecule has 5 rings (SSSR count). The molecule has 12 unspecified atom stereocenters. The molecule has 0 aliphatic heterocycles. The molecule has 5 aliphatic rings. The fourth-order valence-electron chi connectivity index (χ4n) is 8.52. The fourth-order valence-corrected chi connectivity index (χ4v) is 8.52. The van der Waals surface area contributed by atoms with Crippen LogP contribution in [0.3, 0.4) is 0 Å². The topological polar surface area (TPSA) is 0 Å². The van der Waals surface area contributed by atoms with E-state index in [9.17, 15) is 0 Å². The Labute approximate surface area is 118 Å². The minimum Gasteiger partial charge on any atom is -0.0620 e. The molecule has 12 atom stereocenters. The van der Waals surface area contributed by atoms with Crippen LogP contribution in [-0.4, -0.2) is 0 Å². The normalized spacial score (nSPS) is 72.6. The average molecular weight is 258 g/mol. The quantitative estimate of drug-likeness (QED) is 0.591. The Kier molecular flexibility index (Phi) is 2.09. The van der Waals surface area contributed by atoms with Gasteiger partial charge in [-0.3, -0.25) is 0 Å². The Bertz CT molecular complexity index is 374. The Balaban J connectivity index is 1.52. The maximum atomic E-state index is 2.58. The summed E-state index contributed by atoms with van der Waals surface area (Å²) in [7, 11) is 0. The first-order valence-corrected chi connectivity index (χ1v) is 9.09. The second-order valence-corrected chi connectivity index (χ2v) is 9.28. The molecule has 0 spiro atoms. The molecule has 5 fully saturated rings. The van der Waals surface area contributed by atoms with Crippen LogP contribution in [0.4, 0.5) is 0 Å². The van der Waals surface area contributed by atoms with Gasteiger partial charge in [0.25, 0.3) is 0 Å². The first kappa shape index (κ1) is 11.6. The van der Waals surface area contributed by atoms with E-state index in [4.69, 9.17) is 0 Å². The third-order valence-corrected chi connectivity index (χ3v) is 9.51. The van der Waals surface area contributed by atoms with Gasteiger partial charge in [0.2, 0.25) is 0 Å². The summed E-state index contributed by atoms with van der Waals surface area (Å²) in [6, 6.07) is 0. The molecule has 4 bridgehead atoms. The molecule has 0 radical (unpaired) electrons. The van der Waals surface area contributed by atoms with Crippen molar-refractivity contribution in [2.75, 3.05) is 0 Å². The van der Waals surface area contributed by atoms with Gasteiger partial charge in [-0.25, -0.2) is 0 Å². The van der Waals surface area contributed by atoms with E-state index in [1.807, 2.05) is 0 Å². The van der Waals surface area contributed by atoms with E-state index >= 15 is 0 Å². The van der Waals surface area contributed by atoms with Crippen molar-refractivity contribution in [2.24, 2.45) is 71.0 Å². The maximum absolute atomic E-state index is 2.58. The van der Waals surface area contributed by atoms with E-state index in [0.717, 1.165) is 59.2 Å². The molecule has 106 valence electrons. The second kappa shape index (κ2) is 3.42. The second-order valence-electron chi connectivity index (χ2n) is 9.28. The molecule has 0 aromatic carbocycles. The molecule has 0 aromatic rings. The summed E-state index contributed by atoms with van der Waals surface area (Å²) in [4.78, 5) is 0. The summed E-state index contributed by atoms with van der Waals surface area (Å²) in [6.07, 6.45) is 4.87. The van der Waals surface area contributed by atoms with Gasteiger partial charge >= 0.3 is 0 Å². The highest BCUT2D eigenvalue weighted by molar-refractivity contribution is 5.16. The standard InChI is InChI=1S/C19H30/c1-8-10(3)14-5-12(8)16-7-17-13-6-15(11(4)9(13)2)19(17)18(14)16/h8-19H,5-7H2,1-4H3. The third-order valence-electron chi connectivity index (χ3n) is 9.51. The zero-order valence-electron chi connectivity index (χ0n) is 13.0. The van der Waals surface area contributed by atoms with Gasteiger partial charge in [0.05, 0.1) is 0 Å². The first-order chi connectivity index (χ1) is 9.09. The molecular weight excluding hydrogens is 228 g/mol. The van der Waals surface area contributed by atoms with Crippen molar-refractivity contribution in [1.82, 2.24) is 0 Å². The molecule has 19 heavy (non-hydrogen) atoms. The Morgan fingerprint density at radius 3 is 1.16 bits per heavy atom. The summed E-state index contributed by atoms with van der Waals surface area (Å²) in [5.74, 6) is 13.3. The summed E-state index contributed by atoms with van der Waals surface area (Å²) >= 11 is 0. The molecule has 0 aromatic heterocycles. The van der Waals surface area contributed by atoms with E-state index in [0.29, 0.717) is 0 Å². The molecule has 0 saturated heterocycles. The number of fused-ring (bicyclic) bond motifs is 11. The summed E-state index contributed by atoms with van der Waals surface area (Å²) < 4.78 is 0. The van der Waals surface area contributed by atoms with Crippen molar-refractivity contribution in [3.63, 3.8) is 0 Å². The van der Waals surface area contributed by atoms with Crippen molar-refractivity contribution in [1.29, 1.82) is 0 Å². The van der Waals surface area contributed by atoms with E-state index in [-0.39, 0.29) is 0 Å². The Morgan fingerprint density at radius 1 is 0.421 bits per heavy atom. The zero-order valence-corrected chi connectivity index (χ0v) is 13.0. The monoisotopic (exact) mass is 258 g/mol. The lowest BCUT2D eigenvalue weighted by Gasteiger charge is -2.41.